The van der Waals surface area contributed by atoms with E-state index in [9.17, 15) is 5.11 Å². The summed E-state index contributed by atoms with van der Waals surface area (Å²) in [5, 5.41) is 9.78. The fraction of sp³-hybridized carbons (Fsp3) is 1.00. The Balaban J connectivity index is 1.76. The molecule has 2 saturated heterocycles. The van der Waals surface area contributed by atoms with Crippen molar-refractivity contribution < 1.29 is 9.84 Å². The average molecular weight is 270 g/mol. The van der Waals surface area contributed by atoms with Crippen molar-refractivity contribution in [3.05, 3.63) is 0 Å². The lowest BCUT2D eigenvalue weighted by Crippen LogP contribution is -2.51. The van der Waals surface area contributed by atoms with Crippen LogP contribution in [0.1, 0.15) is 27.2 Å². The van der Waals surface area contributed by atoms with Gasteiger partial charge in [0, 0.05) is 39.3 Å². The van der Waals surface area contributed by atoms with Gasteiger partial charge in [-0.1, -0.05) is 20.8 Å². The van der Waals surface area contributed by atoms with Crippen LogP contribution in [0.15, 0.2) is 0 Å². The van der Waals surface area contributed by atoms with E-state index in [1.807, 2.05) is 0 Å². The molecule has 0 aromatic rings. The SMILES string of the molecule is CC(C)CN1CCOC(CN2CCC(O)C(C)C2)C1. The highest BCUT2D eigenvalue weighted by molar-refractivity contribution is 4.81. The summed E-state index contributed by atoms with van der Waals surface area (Å²) < 4.78 is 5.91. The van der Waals surface area contributed by atoms with Crippen LogP contribution in [0, 0.1) is 11.8 Å². The number of aliphatic hydroxyl groups excluding tert-OH is 1. The van der Waals surface area contributed by atoms with Crippen LogP contribution in [-0.2, 0) is 4.74 Å². The monoisotopic (exact) mass is 270 g/mol. The number of ether oxygens (including phenoxy) is 1. The molecule has 0 amide bonds. The normalized spacial score (nSPS) is 34.9. The van der Waals surface area contributed by atoms with Crippen molar-refractivity contribution in [2.24, 2.45) is 11.8 Å². The minimum Gasteiger partial charge on any atom is -0.393 e. The molecule has 4 nitrogen and oxygen atoms in total. The molecule has 112 valence electrons. The lowest BCUT2D eigenvalue weighted by molar-refractivity contribution is -0.0578. The topological polar surface area (TPSA) is 35.9 Å². The van der Waals surface area contributed by atoms with Crippen molar-refractivity contribution in [3.8, 4) is 0 Å². The van der Waals surface area contributed by atoms with Crippen LogP contribution in [0.3, 0.4) is 0 Å². The molecule has 0 spiro atoms. The molecule has 0 saturated carbocycles. The standard InChI is InChI=1S/C15H30N2O2/c1-12(2)8-17-6-7-19-14(11-17)10-16-5-4-15(18)13(3)9-16/h12-15,18H,4-11H2,1-3H3. The number of rotatable bonds is 4. The Morgan fingerprint density at radius 3 is 2.68 bits per heavy atom. The van der Waals surface area contributed by atoms with Crippen LogP contribution in [0.2, 0.25) is 0 Å². The molecule has 2 heterocycles. The van der Waals surface area contributed by atoms with Crippen LogP contribution in [0.25, 0.3) is 0 Å². The molecule has 4 heteroatoms. The highest BCUT2D eigenvalue weighted by atomic mass is 16.5. The van der Waals surface area contributed by atoms with E-state index in [1.165, 1.54) is 6.54 Å². The summed E-state index contributed by atoms with van der Waals surface area (Å²) in [6, 6.07) is 0. The quantitative estimate of drug-likeness (QED) is 0.828. The van der Waals surface area contributed by atoms with Gasteiger partial charge in [0.15, 0.2) is 0 Å². The lowest BCUT2D eigenvalue weighted by atomic mass is 9.96. The first-order chi connectivity index (χ1) is 9.04. The summed E-state index contributed by atoms with van der Waals surface area (Å²) >= 11 is 0. The maximum absolute atomic E-state index is 9.78. The predicted octanol–water partition coefficient (Wildman–Crippen LogP) is 1.05. The van der Waals surface area contributed by atoms with Gasteiger partial charge in [-0.2, -0.15) is 0 Å². The van der Waals surface area contributed by atoms with E-state index in [0.717, 1.165) is 51.7 Å². The second kappa shape index (κ2) is 7.02. The molecule has 2 fully saturated rings. The van der Waals surface area contributed by atoms with Crippen molar-refractivity contribution >= 4 is 0 Å². The third-order valence-corrected chi connectivity index (χ3v) is 4.25. The van der Waals surface area contributed by atoms with Crippen LogP contribution >= 0.6 is 0 Å². The van der Waals surface area contributed by atoms with Crippen LogP contribution in [0.4, 0.5) is 0 Å². The Morgan fingerprint density at radius 1 is 1.21 bits per heavy atom. The molecule has 0 aromatic heterocycles. The number of nitrogens with zero attached hydrogens (tertiary/aromatic N) is 2. The van der Waals surface area contributed by atoms with Gasteiger partial charge in [-0.15, -0.1) is 0 Å². The van der Waals surface area contributed by atoms with E-state index < -0.39 is 0 Å². The van der Waals surface area contributed by atoms with E-state index in [1.54, 1.807) is 0 Å². The maximum atomic E-state index is 9.78. The van der Waals surface area contributed by atoms with E-state index in [2.05, 4.69) is 30.6 Å². The zero-order valence-corrected chi connectivity index (χ0v) is 12.7. The zero-order chi connectivity index (χ0) is 13.8. The van der Waals surface area contributed by atoms with E-state index in [4.69, 9.17) is 4.74 Å². The van der Waals surface area contributed by atoms with Gasteiger partial charge in [-0.25, -0.2) is 0 Å². The first-order valence-corrected chi connectivity index (χ1v) is 7.79. The largest absolute Gasteiger partial charge is 0.393 e. The molecular weight excluding hydrogens is 240 g/mol. The number of hydrogen-bond donors (Lipinski definition) is 1. The molecule has 1 N–H and O–H groups in total. The molecule has 2 rings (SSSR count). The van der Waals surface area contributed by atoms with E-state index in [0.29, 0.717) is 12.0 Å². The molecule has 2 aliphatic rings. The van der Waals surface area contributed by atoms with Crippen molar-refractivity contribution in [1.29, 1.82) is 0 Å². The number of hydrogen-bond acceptors (Lipinski definition) is 4. The van der Waals surface area contributed by atoms with Gasteiger partial charge in [-0.05, 0) is 18.3 Å². The predicted molar refractivity (Wildman–Crippen MR) is 77.2 cm³/mol. The van der Waals surface area contributed by atoms with E-state index in [-0.39, 0.29) is 6.10 Å². The van der Waals surface area contributed by atoms with E-state index >= 15 is 0 Å². The number of aliphatic hydroxyl groups is 1. The Kier molecular flexibility index (Phi) is 5.63. The smallest absolute Gasteiger partial charge is 0.0829 e. The van der Waals surface area contributed by atoms with Crippen LogP contribution in [-0.4, -0.2) is 73.0 Å². The van der Waals surface area contributed by atoms with Crippen LogP contribution in [0.5, 0.6) is 0 Å². The van der Waals surface area contributed by atoms with Gasteiger partial charge >= 0.3 is 0 Å². The highest BCUT2D eigenvalue weighted by Gasteiger charge is 2.28. The number of piperidine rings is 1. The lowest BCUT2D eigenvalue weighted by Gasteiger charge is -2.39. The molecule has 0 bridgehead atoms. The minimum absolute atomic E-state index is 0.110. The van der Waals surface area contributed by atoms with Gasteiger partial charge < -0.3 is 14.7 Å². The molecule has 19 heavy (non-hydrogen) atoms. The first-order valence-electron chi connectivity index (χ1n) is 7.79. The third-order valence-electron chi connectivity index (χ3n) is 4.25. The van der Waals surface area contributed by atoms with Crippen molar-refractivity contribution in [1.82, 2.24) is 9.80 Å². The Hall–Kier alpha value is -0.160. The summed E-state index contributed by atoms with van der Waals surface area (Å²) in [4.78, 5) is 4.99. The summed E-state index contributed by atoms with van der Waals surface area (Å²) in [5.41, 5.74) is 0. The maximum Gasteiger partial charge on any atom is 0.0829 e. The van der Waals surface area contributed by atoms with Gasteiger partial charge in [-0.3, -0.25) is 4.90 Å². The van der Waals surface area contributed by atoms with Crippen molar-refractivity contribution in [2.45, 2.75) is 39.4 Å². The Bertz CT molecular complexity index is 273. The summed E-state index contributed by atoms with van der Waals surface area (Å²) in [6.07, 6.45) is 1.14. The van der Waals surface area contributed by atoms with Gasteiger partial charge in [0.1, 0.15) is 0 Å². The molecular formula is C15H30N2O2. The minimum atomic E-state index is -0.110. The summed E-state index contributed by atoms with van der Waals surface area (Å²) in [7, 11) is 0. The van der Waals surface area contributed by atoms with Crippen molar-refractivity contribution in [2.75, 3.05) is 45.9 Å². The van der Waals surface area contributed by atoms with Crippen molar-refractivity contribution in [3.63, 3.8) is 0 Å². The second-order valence-corrected chi connectivity index (χ2v) is 6.74. The number of likely N-dealkylation sites (tertiary alicyclic amines) is 1. The molecule has 3 unspecified atom stereocenters. The fourth-order valence-electron chi connectivity index (χ4n) is 3.25. The zero-order valence-electron chi connectivity index (χ0n) is 12.7. The molecule has 2 aliphatic heterocycles. The molecule has 3 atom stereocenters. The second-order valence-electron chi connectivity index (χ2n) is 6.74. The molecule has 0 aliphatic carbocycles. The molecule has 0 radical (unpaired) electrons. The van der Waals surface area contributed by atoms with Gasteiger partial charge in [0.05, 0.1) is 18.8 Å². The average Bonchev–Trinajstić information content (AvgIpc) is 2.33. The van der Waals surface area contributed by atoms with Gasteiger partial charge in [0.25, 0.3) is 0 Å². The molecule has 0 aromatic carbocycles. The summed E-state index contributed by atoms with van der Waals surface area (Å²) in [6.45, 7) is 13.9. The first kappa shape index (κ1) is 15.2. The highest BCUT2D eigenvalue weighted by Crippen LogP contribution is 2.18. The van der Waals surface area contributed by atoms with Crippen LogP contribution < -0.4 is 0 Å². The summed E-state index contributed by atoms with van der Waals surface area (Å²) in [5.74, 6) is 1.12. The van der Waals surface area contributed by atoms with Gasteiger partial charge in [0.2, 0.25) is 0 Å². The number of morpholine rings is 1. The fourth-order valence-corrected chi connectivity index (χ4v) is 3.25. The Morgan fingerprint density at radius 2 is 2.00 bits per heavy atom. The third kappa shape index (κ3) is 4.71. The Labute approximate surface area is 117 Å².